The van der Waals surface area contributed by atoms with Gasteiger partial charge in [0.05, 0.1) is 18.6 Å². The quantitative estimate of drug-likeness (QED) is 0.656. The van der Waals surface area contributed by atoms with E-state index in [0.717, 1.165) is 12.7 Å². The topological polar surface area (TPSA) is 108 Å². The van der Waals surface area contributed by atoms with E-state index in [1.807, 2.05) is 0 Å². The molecule has 2 rings (SSSR count). The number of rotatable bonds is 6. The highest BCUT2D eigenvalue weighted by atomic mass is 32.2. The van der Waals surface area contributed by atoms with Crippen LogP contribution in [0.25, 0.3) is 0 Å². The number of carbonyl (C=O) groups is 2. The molecule has 1 atom stereocenters. The molecule has 2 aromatic rings. The lowest BCUT2D eigenvalue weighted by atomic mass is 10.2. The number of benzene rings is 1. The van der Waals surface area contributed by atoms with Crippen LogP contribution in [-0.4, -0.2) is 53.3 Å². The zero-order valence-corrected chi connectivity index (χ0v) is 17.8. The number of aromatic nitrogens is 2. The Kier molecular flexibility index (Phi) is 6.68. The van der Waals surface area contributed by atoms with Gasteiger partial charge in [-0.2, -0.15) is 9.40 Å². The summed E-state index contributed by atoms with van der Waals surface area (Å²) < 4.78 is 38.5. The molecule has 9 nitrogen and oxygen atoms in total. The van der Waals surface area contributed by atoms with Crippen molar-refractivity contribution in [3.63, 3.8) is 0 Å². The molecule has 0 radical (unpaired) electrons. The van der Waals surface area contributed by atoms with Crippen molar-refractivity contribution in [3.8, 4) is 0 Å². The second kappa shape index (κ2) is 8.64. The van der Waals surface area contributed by atoms with Gasteiger partial charge in [0.15, 0.2) is 6.04 Å². The first-order chi connectivity index (χ1) is 13.5. The minimum absolute atomic E-state index is 0.150. The Morgan fingerprint density at radius 3 is 2.31 bits per heavy atom. The van der Waals surface area contributed by atoms with E-state index in [9.17, 15) is 18.0 Å². The first-order valence-corrected chi connectivity index (χ1v) is 10.3. The third-order valence-corrected chi connectivity index (χ3v) is 5.62. The number of hydrogen-bond donors (Lipinski definition) is 0. The molecule has 0 aliphatic carbocycles. The second-order valence-electron chi connectivity index (χ2n) is 7.36. The van der Waals surface area contributed by atoms with Crippen molar-refractivity contribution < 1.29 is 27.5 Å². The third kappa shape index (κ3) is 5.57. The molecule has 0 N–H and O–H groups in total. The van der Waals surface area contributed by atoms with Gasteiger partial charge in [-0.1, -0.05) is 17.7 Å². The van der Waals surface area contributed by atoms with Crippen LogP contribution >= 0.6 is 0 Å². The summed E-state index contributed by atoms with van der Waals surface area (Å²) in [5.41, 5.74) is -0.140. The lowest BCUT2D eigenvalue weighted by molar-refractivity contribution is -0.145. The number of amides is 1. The van der Waals surface area contributed by atoms with Gasteiger partial charge in [-0.3, -0.25) is 4.68 Å². The van der Waals surface area contributed by atoms with E-state index >= 15 is 0 Å². The molecule has 1 aromatic carbocycles. The summed E-state index contributed by atoms with van der Waals surface area (Å²) >= 11 is 0. The number of carbonyl (C=O) groups excluding carboxylic acids is 2. The van der Waals surface area contributed by atoms with Gasteiger partial charge in [0.1, 0.15) is 5.60 Å². The highest BCUT2D eigenvalue weighted by Crippen LogP contribution is 2.23. The molecule has 0 aliphatic heterocycles. The molecule has 158 valence electrons. The Hall–Kier alpha value is -2.88. The van der Waals surface area contributed by atoms with Gasteiger partial charge < -0.3 is 9.47 Å². The van der Waals surface area contributed by atoms with E-state index in [-0.39, 0.29) is 11.4 Å². The molecule has 1 heterocycles. The van der Waals surface area contributed by atoms with Crippen LogP contribution < -0.4 is 0 Å². The van der Waals surface area contributed by atoms with E-state index in [4.69, 9.17) is 9.47 Å². The lowest BCUT2D eigenvalue weighted by Crippen LogP contribution is -2.52. The second-order valence-corrected chi connectivity index (χ2v) is 9.18. The predicted molar refractivity (Wildman–Crippen MR) is 104 cm³/mol. The van der Waals surface area contributed by atoms with Crippen LogP contribution in [0.4, 0.5) is 4.79 Å². The molecule has 0 saturated carbocycles. The fourth-order valence-corrected chi connectivity index (χ4v) is 3.92. The fourth-order valence-electron chi connectivity index (χ4n) is 2.49. The summed E-state index contributed by atoms with van der Waals surface area (Å²) in [6.07, 6.45) is 1.84. The highest BCUT2D eigenvalue weighted by Gasteiger charge is 2.43. The number of sulfonamides is 1. The SMILES string of the molecule is COC(=O)[C@H](Cn1cccn1)N(C(=O)OC(C)(C)C)S(=O)(=O)c1ccc(C)cc1. The summed E-state index contributed by atoms with van der Waals surface area (Å²) in [6, 6.07) is 6.03. The standard InChI is InChI=1S/C19H25N3O6S/c1-14-7-9-15(10-8-14)29(25,26)22(18(24)28-19(2,3)4)16(17(23)27-5)13-21-12-6-11-20-21/h6-12,16H,13H2,1-5H3/t16-/m0/s1. The Morgan fingerprint density at radius 2 is 1.83 bits per heavy atom. The van der Waals surface area contributed by atoms with E-state index in [1.165, 1.54) is 23.0 Å². The van der Waals surface area contributed by atoms with E-state index in [0.29, 0.717) is 4.31 Å². The molecule has 1 amide bonds. The van der Waals surface area contributed by atoms with Crippen LogP contribution in [0.2, 0.25) is 0 Å². The van der Waals surface area contributed by atoms with Crippen LogP contribution in [0.15, 0.2) is 47.6 Å². The average molecular weight is 423 g/mol. The molecule has 29 heavy (non-hydrogen) atoms. The molecule has 10 heteroatoms. The molecule has 0 unspecified atom stereocenters. The van der Waals surface area contributed by atoms with Crippen LogP contribution in [0.3, 0.4) is 0 Å². The van der Waals surface area contributed by atoms with Crippen LogP contribution in [0.5, 0.6) is 0 Å². The summed E-state index contributed by atoms with van der Waals surface area (Å²) in [5.74, 6) is -0.915. The third-order valence-electron chi connectivity index (χ3n) is 3.83. The van der Waals surface area contributed by atoms with Crippen molar-refractivity contribution >= 4 is 22.1 Å². The van der Waals surface area contributed by atoms with E-state index in [1.54, 1.807) is 52.1 Å². The first kappa shape index (κ1) is 22.4. The zero-order valence-electron chi connectivity index (χ0n) is 17.0. The van der Waals surface area contributed by atoms with Crippen LogP contribution in [-0.2, 0) is 30.8 Å². The maximum Gasteiger partial charge on any atom is 0.425 e. The predicted octanol–water partition coefficient (Wildman–Crippen LogP) is 2.36. The number of nitrogens with zero attached hydrogens (tertiary/aromatic N) is 3. The van der Waals surface area contributed by atoms with Gasteiger partial charge in [0.2, 0.25) is 0 Å². The average Bonchev–Trinajstić information content (AvgIpc) is 3.12. The zero-order chi connectivity index (χ0) is 21.8. The largest absolute Gasteiger partial charge is 0.467 e. The van der Waals surface area contributed by atoms with Crippen molar-refractivity contribution in [2.24, 2.45) is 0 Å². The van der Waals surface area contributed by atoms with Gasteiger partial charge in [-0.25, -0.2) is 18.0 Å². The first-order valence-electron chi connectivity index (χ1n) is 8.85. The molecular formula is C19H25N3O6S. The van der Waals surface area contributed by atoms with Crippen molar-refractivity contribution in [2.45, 2.75) is 50.8 Å². The van der Waals surface area contributed by atoms with Crippen molar-refractivity contribution in [1.29, 1.82) is 0 Å². The van der Waals surface area contributed by atoms with Crippen molar-refractivity contribution in [3.05, 3.63) is 48.3 Å². The monoisotopic (exact) mass is 423 g/mol. The number of ether oxygens (including phenoxy) is 2. The van der Waals surface area contributed by atoms with E-state index < -0.39 is 33.7 Å². The number of methoxy groups -OCH3 is 1. The molecule has 0 fully saturated rings. The summed E-state index contributed by atoms with van der Waals surface area (Å²) in [6.45, 7) is 6.37. The minimum Gasteiger partial charge on any atom is -0.467 e. The van der Waals surface area contributed by atoms with Gasteiger partial charge in [-0.15, -0.1) is 0 Å². The molecule has 0 bridgehead atoms. The normalized spacial score (nSPS) is 12.9. The fraction of sp³-hybridized carbons (Fsp3) is 0.421. The molecular weight excluding hydrogens is 398 g/mol. The smallest absolute Gasteiger partial charge is 0.425 e. The summed E-state index contributed by atoms with van der Waals surface area (Å²) in [5, 5.41) is 3.99. The Labute approximate surface area is 170 Å². The Morgan fingerprint density at radius 1 is 1.21 bits per heavy atom. The van der Waals surface area contributed by atoms with E-state index in [2.05, 4.69) is 5.10 Å². The highest BCUT2D eigenvalue weighted by molar-refractivity contribution is 7.89. The van der Waals surface area contributed by atoms with Gasteiger partial charge in [-0.05, 0) is 45.9 Å². The molecule has 1 aromatic heterocycles. The summed E-state index contributed by atoms with van der Waals surface area (Å²) in [7, 11) is -3.31. The van der Waals surface area contributed by atoms with Crippen LogP contribution in [0.1, 0.15) is 26.3 Å². The Bertz CT molecular complexity index is 947. The lowest BCUT2D eigenvalue weighted by Gasteiger charge is -2.31. The van der Waals surface area contributed by atoms with Gasteiger partial charge >= 0.3 is 12.1 Å². The maximum absolute atomic E-state index is 13.3. The number of esters is 1. The maximum atomic E-state index is 13.3. The minimum atomic E-state index is -4.43. The number of aryl methyl sites for hydroxylation is 1. The van der Waals surface area contributed by atoms with Gasteiger partial charge in [0.25, 0.3) is 10.0 Å². The number of hydrogen-bond acceptors (Lipinski definition) is 7. The van der Waals surface area contributed by atoms with Crippen molar-refractivity contribution in [1.82, 2.24) is 14.1 Å². The molecule has 0 spiro atoms. The molecule has 0 saturated heterocycles. The Balaban J connectivity index is 2.58. The van der Waals surface area contributed by atoms with Crippen molar-refractivity contribution in [2.75, 3.05) is 7.11 Å². The van der Waals surface area contributed by atoms with Crippen LogP contribution in [0, 0.1) is 6.92 Å². The molecule has 0 aliphatic rings. The summed E-state index contributed by atoms with van der Waals surface area (Å²) in [4.78, 5) is 25.3. The van der Waals surface area contributed by atoms with Gasteiger partial charge in [0, 0.05) is 12.4 Å².